The number of hydrogen-bond acceptors (Lipinski definition) is 5. The van der Waals surface area contributed by atoms with Gasteiger partial charge in [-0.25, -0.2) is 14.8 Å². The molecule has 1 saturated heterocycles. The number of rotatable bonds is 3. The van der Waals surface area contributed by atoms with E-state index in [4.69, 9.17) is 4.74 Å². The zero-order valence-corrected chi connectivity index (χ0v) is 11.5. The first-order valence-corrected chi connectivity index (χ1v) is 6.73. The van der Waals surface area contributed by atoms with Gasteiger partial charge in [-0.2, -0.15) is 0 Å². The summed E-state index contributed by atoms with van der Waals surface area (Å²) in [5.74, 6) is 2.01. The van der Waals surface area contributed by atoms with Crippen LogP contribution >= 0.6 is 0 Å². The highest BCUT2D eigenvalue weighted by Crippen LogP contribution is 2.20. The molecular formula is C13H20N4O2. The molecule has 6 heteroatoms. The van der Waals surface area contributed by atoms with Gasteiger partial charge >= 0.3 is 6.09 Å². The summed E-state index contributed by atoms with van der Waals surface area (Å²) >= 11 is 0. The highest BCUT2D eigenvalue weighted by Gasteiger charge is 2.14. The van der Waals surface area contributed by atoms with Crippen molar-refractivity contribution in [1.29, 1.82) is 0 Å². The zero-order valence-electron chi connectivity index (χ0n) is 11.5. The second-order valence-electron chi connectivity index (χ2n) is 4.55. The highest BCUT2D eigenvalue weighted by molar-refractivity contribution is 5.83. The van der Waals surface area contributed by atoms with Crippen LogP contribution in [0.2, 0.25) is 0 Å². The fourth-order valence-corrected chi connectivity index (χ4v) is 2.17. The Morgan fingerprint density at radius 2 is 2.11 bits per heavy atom. The first-order chi connectivity index (χ1) is 9.19. The number of amides is 1. The Morgan fingerprint density at radius 3 is 2.79 bits per heavy atom. The van der Waals surface area contributed by atoms with Crippen molar-refractivity contribution in [3.8, 4) is 0 Å². The van der Waals surface area contributed by atoms with E-state index in [0.717, 1.165) is 18.9 Å². The zero-order chi connectivity index (χ0) is 13.7. The molecule has 1 aromatic rings. The second kappa shape index (κ2) is 6.36. The van der Waals surface area contributed by atoms with Crippen molar-refractivity contribution in [3.63, 3.8) is 0 Å². The number of aromatic nitrogens is 2. The van der Waals surface area contributed by atoms with Gasteiger partial charge in [0.1, 0.15) is 17.5 Å². The Labute approximate surface area is 113 Å². The lowest BCUT2D eigenvalue weighted by atomic mass is 10.1. The van der Waals surface area contributed by atoms with Gasteiger partial charge < -0.3 is 9.64 Å². The lowest BCUT2D eigenvalue weighted by Gasteiger charge is -2.28. The molecule has 1 aliphatic heterocycles. The minimum absolute atomic E-state index is 0.342. The number of piperidine rings is 1. The van der Waals surface area contributed by atoms with Crippen molar-refractivity contribution < 1.29 is 9.53 Å². The Bertz CT molecular complexity index is 444. The number of carbonyl (C=O) groups is 1. The van der Waals surface area contributed by atoms with Crippen molar-refractivity contribution in [2.75, 3.05) is 29.9 Å². The van der Waals surface area contributed by atoms with Crippen molar-refractivity contribution in [3.05, 3.63) is 11.9 Å². The number of ether oxygens (including phenoxy) is 1. The average molecular weight is 264 g/mol. The van der Waals surface area contributed by atoms with E-state index < -0.39 is 6.09 Å². The molecule has 0 spiro atoms. The fourth-order valence-electron chi connectivity index (χ4n) is 2.17. The summed E-state index contributed by atoms with van der Waals surface area (Å²) < 4.78 is 4.85. The van der Waals surface area contributed by atoms with Crippen LogP contribution in [-0.4, -0.2) is 35.8 Å². The predicted molar refractivity (Wildman–Crippen MR) is 73.5 cm³/mol. The second-order valence-corrected chi connectivity index (χ2v) is 4.55. The summed E-state index contributed by atoms with van der Waals surface area (Å²) in [4.78, 5) is 22.3. The van der Waals surface area contributed by atoms with Crippen LogP contribution in [0.5, 0.6) is 0 Å². The molecule has 2 heterocycles. The first kappa shape index (κ1) is 13.6. The Balaban J connectivity index is 2.11. The highest BCUT2D eigenvalue weighted by atomic mass is 16.5. The molecule has 1 aromatic heterocycles. The summed E-state index contributed by atoms with van der Waals surface area (Å²) in [6.07, 6.45) is 3.16. The minimum Gasteiger partial charge on any atom is -0.450 e. The SMILES string of the molecule is CCOC(=O)Nc1cc(N2CCCCC2)nc(C)n1. The third-order valence-electron chi connectivity index (χ3n) is 3.01. The minimum atomic E-state index is -0.481. The maximum atomic E-state index is 11.4. The van der Waals surface area contributed by atoms with Crippen LogP contribution in [0.3, 0.4) is 0 Å². The number of hydrogen-bond donors (Lipinski definition) is 1. The quantitative estimate of drug-likeness (QED) is 0.907. The van der Waals surface area contributed by atoms with Gasteiger partial charge in [0.25, 0.3) is 0 Å². The van der Waals surface area contributed by atoms with Crippen molar-refractivity contribution >= 4 is 17.7 Å². The van der Waals surface area contributed by atoms with Crippen molar-refractivity contribution in [2.24, 2.45) is 0 Å². The van der Waals surface area contributed by atoms with Gasteiger partial charge in [-0.1, -0.05) is 0 Å². The predicted octanol–water partition coefficient (Wildman–Crippen LogP) is 2.34. The molecule has 19 heavy (non-hydrogen) atoms. The van der Waals surface area contributed by atoms with Gasteiger partial charge in [-0.15, -0.1) is 0 Å². The van der Waals surface area contributed by atoms with Gasteiger partial charge in [-0.05, 0) is 33.1 Å². The summed E-state index contributed by atoms with van der Waals surface area (Å²) in [5.41, 5.74) is 0. The van der Waals surface area contributed by atoms with Crippen molar-refractivity contribution in [2.45, 2.75) is 33.1 Å². The number of anilines is 2. The van der Waals surface area contributed by atoms with Crippen LogP contribution in [0.25, 0.3) is 0 Å². The maximum absolute atomic E-state index is 11.4. The lowest BCUT2D eigenvalue weighted by Crippen LogP contribution is -2.30. The Kier molecular flexibility index (Phi) is 4.54. The molecule has 104 valence electrons. The number of nitrogens with zero attached hydrogens (tertiary/aromatic N) is 3. The van der Waals surface area contributed by atoms with Crippen LogP contribution in [-0.2, 0) is 4.74 Å². The van der Waals surface area contributed by atoms with E-state index in [1.807, 2.05) is 6.92 Å². The van der Waals surface area contributed by atoms with Gasteiger partial charge in [0, 0.05) is 19.2 Å². The van der Waals surface area contributed by atoms with Gasteiger partial charge in [0.2, 0.25) is 0 Å². The molecule has 0 aliphatic carbocycles. The molecule has 1 amide bonds. The first-order valence-electron chi connectivity index (χ1n) is 6.73. The summed E-state index contributed by atoms with van der Waals surface area (Å²) in [7, 11) is 0. The van der Waals surface area contributed by atoms with E-state index in [2.05, 4.69) is 20.2 Å². The summed E-state index contributed by atoms with van der Waals surface area (Å²) in [6, 6.07) is 1.80. The van der Waals surface area contributed by atoms with E-state index in [-0.39, 0.29) is 0 Å². The number of carbonyl (C=O) groups excluding carboxylic acids is 1. The molecular weight excluding hydrogens is 244 g/mol. The van der Waals surface area contributed by atoms with Gasteiger partial charge in [-0.3, -0.25) is 5.32 Å². The molecule has 1 aliphatic rings. The van der Waals surface area contributed by atoms with Crippen LogP contribution < -0.4 is 10.2 Å². The molecule has 1 N–H and O–H groups in total. The smallest absolute Gasteiger partial charge is 0.412 e. The Hall–Kier alpha value is -1.85. The van der Waals surface area contributed by atoms with E-state index in [1.165, 1.54) is 19.3 Å². The molecule has 0 unspecified atom stereocenters. The normalized spacial score (nSPS) is 15.2. The van der Waals surface area contributed by atoms with Crippen molar-refractivity contribution in [1.82, 2.24) is 9.97 Å². The number of aryl methyl sites for hydroxylation is 1. The fraction of sp³-hybridized carbons (Fsp3) is 0.615. The summed E-state index contributed by atoms with van der Waals surface area (Å²) in [5, 5.41) is 2.62. The molecule has 0 aromatic carbocycles. The molecule has 0 saturated carbocycles. The van der Waals surface area contributed by atoms with E-state index in [1.54, 1.807) is 13.0 Å². The largest absolute Gasteiger partial charge is 0.450 e. The van der Waals surface area contributed by atoms with Crippen LogP contribution in [0.1, 0.15) is 32.0 Å². The third kappa shape index (κ3) is 3.81. The molecule has 6 nitrogen and oxygen atoms in total. The van der Waals surface area contributed by atoms with E-state index in [0.29, 0.717) is 18.2 Å². The standard InChI is InChI=1S/C13H20N4O2/c1-3-19-13(18)16-11-9-12(15-10(2)14-11)17-7-5-4-6-8-17/h9H,3-8H2,1-2H3,(H,14,15,16,18). The van der Waals surface area contributed by atoms with Crippen LogP contribution in [0.15, 0.2) is 6.07 Å². The summed E-state index contributed by atoms with van der Waals surface area (Å²) in [6.45, 7) is 5.95. The number of nitrogens with one attached hydrogen (secondary N) is 1. The Morgan fingerprint density at radius 1 is 1.37 bits per heavy atom. The van der Waals surface area contributed by atoms with Gasteiger partial charge in [0.15, 0.2) is 0 Å². The average Bonchev–Trinajstić information content (AvgIpc) is 2.39. The lowest BCUT2D eigenvalue weighted by molar-refractivity contribution is 0.168. The monoisotopic (exact) mass is 264 g/mol. The van der Waals surface area contributed by atoms with Crippen LogP contribution in [0, 0.1) is 6.92 Å². The van der Waals surface area contributed by atoms with Gasteiger partial charge in [0.05, 0.1) is 6.61 Å². The molecule has 0 atom stereocenters. The molecule has 2 rings (SSSR count). The van der Waals surface area contributed by atoms with Crippen LogP contribution in [0.4, 0.5) is 16.4 Å². The molecule has 1 fully saturated rings. The molecule has 0 bridgehead atoms. The van der Waals surface area contributed by atoms with E-state index in [9.17, 15) is 4.79 Å². The maximum Gasteiger partial charge on any atom is 0.412 e. The molecule has 0 radical (unpaired) electrons. The third-order valence-corrected chi connectivity index (χ3v) is 3.01. The van der Waals surface area contributed by atoms with E-state index >= 15 is 0 Å². The topological polar surface area (TPSA) is 67.3 Å².